The number of para-hydroxylation sites is 1. The van der Waals surface area contributed by atoms with Gasteiger partial charge in [0.2, 0.25) is 0 Å². The maximum Gasteiger partial charge on any atom is 0.308 e. The zero-order valence-electron chi connectivity index (χ0n) is 13.7. The van der Waals surface area contributed by atoms with E-state index >= 15 is 0 Å². The number of hydrogen-bond acceptors (Lipinski definition) is 5. The largest absolute Gasteiger partial charge is 0.481 e. The standard InChI is InChI=1S/C19H18N4O2/c24-19(25)14-6-4-10-23(12-14)18-15-7-1-2-8-16(15)21-17(22-18)13-5-3-9-20-11-13/h1-3,5,7-9,11,14H,4,6,10,12H2,(H,24,25)/t14-/m1/s1. The quantitative estimate of drug-likeness (QED) is 0.793. The van der Waals surface area contributed by atoms with E-state index in [0.29, 0.717) is 18.8 Å². The minimum atomic E-state index is -0.740. The van der Waals surface area contributed by atoms with Crippen molar-refractivity contribution in [3.05, 3.63) is 48.8 Å². The lowest BCUT2D eigenvalue weighted by atomic mass is 9.98. The number of nitrogens with zero attached hydrogens (tertiary/aromatic N) is 4. The third-order valence-electron chi connectivity index (χ3n) is 4.57. The average Bonchev–Trinajstić information content (AvgIpc) is 2.68. The number of aliphatic carboxylic acids is 1. The fourth-order valence-electron chi connectivity index (χ4n) is 3.30. The van der Waals surface area contributed by atoms with E-state index in [-0.39, 0.29) is 5.92 Å². The van der Waals surface area contributed by atoms with Crippen LogP contribution >= 0.6 is 0 Å². The third kappa shape index (κ3) is 3.03. The molecule has 1 fully saturated rings. The molecule has 126 valence electrons. The third-order valence-corrected chi connectivity index (χ3v) is 4.57. The number of aromatic nitrogens is 3. The van der Waals surface area contributed by atoms with Gasteiger partial charge >= 0.3 is 5.97 Å². The summed E-state index contributed by atoms with van der Waals surface area (Å²) in [6.07, 6.45) is 5.01. The number of anilines is 1. The number of benzene rings is 1. The number of pyridine rings is 1. The Morgan fingerprint density at radius 3 is 2.84 bits per heavy atom. The minimum Gasteiger partial charge on any atom is -0.481 e. The second kappa shape index (κ2) is 6.47. The molecule has 0 amide bonds. The number of carboxylic acid groups (broad SMARTS) is 1. The summed E-state index contributed by atoms with van der Waals surface area (Å²) in [6, 6.07) is 11.6. The van der Waals surface area contributed by atoms with E-state index in [0.717, 1.165) is 35.2 Å². The zero-order valence-corrected chi connectivity index (χ0v) is 13.7. The predicted octanol–water partition coefficient (Wildman–Crippen LogP) is 2.99. The average molecular weight is 334 g/mol. The van der Waals surface area contributed by atoms with Gasteiger partial charge in [0.05, 0.1) is 11.4 Å². The molecule has 1 aliphatic heterocycles. The van der Waals surface area contributed by atoms with Crippen molar-refractivity contribution in [1.29, 1.82) is 0 Å². The second-order valence-corrected chi connectivity index (χ2v) is 6.25. The van der Waals surface area contributed by atoms with Gasteiger partial charge in [0.25, 0.3) is 0 Å². The van der Waals surface area contributed by atoms with Gasteiger partial charge in [-0.25, -0.2) is 9.97 Å². The van der Waals surface area contributed by atoms with Crippen LogP contribution in [0.5, 0.6) is 0 Å². The summed E-state index contributed by atoms with van der Waals surface area (Å²) in [4.78, 5) is 27.1. The van der Waals surface area contributed by atoms with Crippen molar-refractivity contribution in [2.75, 3.05) is 18.0 Å². The first kappa shape index (κ1) is 15.5. The summed E-state index contributed by atoms with van der Waals surface area (Å²) in [7, 11) is 0. The molecule has 6 nitrogen and oxygen atoms in total. The Bertz CT molecular complexity index is 914. The van der Waals surface area contributed by atoms with Crippen LogP contribution in [0.25, 0.3) is 22.3 Å². The molecular formula is C19H18N4O2. The van der Waals surface area contributed by atoms with Gasteiger partial charge in [-0.05, 0) is 37.1 Å². The summed E-state index contributed by atoms with van der Waals surface area (Å²) in [5, 5.41) is 10.3. The molecule has 4 rings (SSSR count). The molecule has 0 bridgehead atoms. The lowest BCUT2D eigenvalue weighted by Gasteiger charge is -2.32. The Hall–Kier alpha value is -3.02. The van der Waals surface area contributed by atoms with Crippen LogP contribution in [-0.2, 0) is 4.79 Å². The first-order valence-electron chi connectivity index (χ1n) is 8.37. The normalized spacial score (nSPS) is 17.6. The lowest BCUT2D eigenvalue weighted by Crippen LogP contribution is -2.39. The molecule has 3 aromatic rings. The van der Waals surface area contributed by atoms with Crippen LogP contribution in [0.4, 0.5) is 5.82 Å². The minimum absolute atomic E-state index is 0.357. The molecule has 3 heterocycles. The van der Waals surface area contributed by atoms with Gasteiger partial charge in [-0.2, -0.15) is 0 Å². The maximum absolute atomic E-state index is 11.4. The molecule has 25 heavy (non-hydrogen) atoms. The van der Waals surface area contributed by atoms with Gasteiger partial charge in [0.1, 0.15) is 5.82 Å². The predicted molar refractivity (Wildman–Crippen MR) is 95.3 cm³/mol. The number of hydrogen-bond donors (Lipinski definition) is 1. The van der Waals surface area contributed by atoms with Gasteiger partial charge < -0.3 is 10.0 Å². The molecule has 2 aromatic heterocycles. The Labute approximate surface area is 145 Å². The van der Waals surface area contributed by atoms with Gasteiger partial charge in [-0.15, -0.1) is 0 Å². The SMILES string of the molecule is O=C(O)[C@@H]1CCCN(c2nc(-c3cccnc3)nc3ccccc23)C1. The second-order valence-electron chi connectivity index (χ2n) is 6.25. The molecule has 1 N–H and O–H groups in total. The molecule has 0 aliphatic carbocycles. The Kier molecular flexibility index (Phi) is 4.01. The maximum atomic E-state index is 11.4. The van der Waals surface area contributed by atoms with Crippen LogP contribution in [-0.4, -0.2) is 39.1 Å². The van der Waals surface area contributed by atoms with Gasteiger partial charge in [0.15, 0.2) is 5.82 Å². The summed E-state index contributed by atoms with van der Waals surface area (Å²) in [6.45, 7) is 1.28. The van der Waals surface area contributed by atoms with Crippen molar-refractivity contribution in [2.45, 2.75) is 12.8 Å². The van der Waals surface area contributed by atoms with E-state index in [1.165, 1.54) is 0 Å². The summed E-state index contributed by atoms with van der Waals surface area (Å²) in [5.74, 6) is 0.314. The van der Waals surface area contributed by atoms with E-state index in [4.69, 9.17) is 4.98 Å². The topological polar surface area (TPSA) is 79.2 Å². The lowest BCUT2D eigenvalue weighted by molar-refractivity contribution is -0.141. The molecule has 1 aromatic carbocycles. The van der Waals surface area contributed by atoms with Crippen LogP contribution in [0.3, 0.4) is 0 Å². The van der Waals surface area contributed by atoms with E-state index in [1.54, 1.807) is 12.4 Å². The fraction of sp³-hybridized carbons (Fsp3) is 0.263. The highest BCUT2D eigenvalue weighted by Gasteiger charge is 2.27. The summed E-state index contributed by atoms with van der Waals surface area (Å²) >= 11 is 0. The summed E-state index contributed by atoms with van der Waals surface area (Å²) < 4.78 is 0. The zero-order chi connectivity index (χ0) is 17.2. The highest BCUT2D eigenvalue weighted by Crippen LogP contribution is 2.30. The van der Waals surface area contributed by atoms with Gasteiger partial charge in [-0.3, -0.25) is 9.78 Å². The Morgan fingerprint density at radius 2 is 2.04 bits per heavy atom. The highest BCUT2D eigenvalue weighted by atomic mass is 16.4. The van der Waals surface area contributed by atoms with Gasteiger partial charge in [0, 0.05) is 36.4 Å². The first-order valence-corrected chi connectivity index (χ1v) is 8.37. The molecule has 1 aliphatic rings. The molecular weight excluding hydrogens is 316 g/mol. The number of rotatable bonds is 3. The molecule has 0 saturated carbocycles. The molecule has 1 atom stereocenters. The molecule has 0 radical (unpaired) electrons. The Morgan fingerprint density at radius 1 is 1.16 bits per heavy atom. The van der Waals surface area contributed by atoms with E-state index in [2.05, 4.69) is 14.9 Å². The smallest absolute Gasteiger partial charge is 0.308 e. The number of piperidine rings is 1. The fourth-order valence-corrected chi connectivity index (χ4v) is 3.30. The van der Waals surface area contributed by atoms with Crippen molar-refractivity contribution in [3.8, 4) is 11.4 Å². The molecule has 6 heteroatoms. The van der Waals surface area contributed by atoms with Crippen LogP contribution in [0.2, 0.25) is 0 Å². The van der Waals surface area contributed by atoms with E-state index in [9.17, 15) is 9.90 Å². The van der Waals surface area contributed by atoms with Crippen molar-refractivity contribution in [1.82, 2.24) is 15.0 Å². The van der Waals surface area contributed by atoms with Crippen LogP contribution in [0.15, 0.2) is 48.8 Å². The van der Waals surface area contributed by atoms with E-state index < -0.39 is 5.97 Å². The number of fused-ring (bicyclic) bond motifs is 1. The van der Waals surface area contributed by atoms with Crippen LogP contribution < -0.4 is 4.90 Å². The van der Waals surface area contributed by atoms with Gasteiger partial charge in [-0.1, -0.05) is 12.1 Å². The van der Waals surface area contributed by atoms with Crippen molar-refractivity contribution >= 4 is 22.7 Å². The van der Waals surface area contributed by atoms with Crippen LogP contribution in [0.1, 0.15) is 12.8 Å². The summed E-state index contributed by atoms with van der Waals surface area (Å²) in [5.41, 5.74) is 1.70. The molecule has 0 spiro atoms. The van der Waals surface area contributed by atoms with Crippen molar-refractivity contribution < 1.29 is 9.90 Å². The highest BCUT2D eigenvalue weighted by molar-refractivity contribution is 5.91. The van der Waals surface area contributed by atoms with Crippen LogP contribution in [0, 0.1) is 5.92 Å². The molecule has 1 saturated heterocycles. The van der Waals surface area contributed by atoms with Crippen molar-refractivity contribution in [3.63, 3.8) is 0 Å². The Balaban J connectivity index is 1.83. The monoisotopic (exact) mass is 334 g/mol. The first-order chi connectivity index (χ1) is 12.2. The molecule has 0 unspecified atom stereocenters. The number of carboxylic acids is 1. The number of carbonyl (C=O) groups is 1. The van der Waals surface area contributed by atoms with Crippen molar-refractivity contribution in [2.24, 2.45) is 5.92 Å². The van der Waals surface area contributed by atoms with E-state index in [1.807, 2.05) is 36.4 Å².